The smallest absolute Gasteiger partial charge is 1.00 e. The summed E-state index contributed by atoms with van der Waals surface area (Å²) in [6, 6.07) is 0. The fourth-order valence-corrected chi connectivity index (χ4v) is 0. The Kier molecular flexibility index (Phi) is 7.36. The SMILES string of the molecule is O=C(O)C(Br)(Br)Br.[H-].[Na+]. The topological polar surface area (TPSA) is 37.3 Å². The molecule has 6 heteroatoms. The van der Waals surface area contributed by atoms with E-state index in [2.05, 4.69) is 47.8 Å². The van der Waals surface area contributed by atoms with Crippen LogP contribution in [0, 0.1) is 0 Å². The van der Waals surface area contributed by atoms with Crippen LogP contribution in [0.5, 0.6) is 0 Å². The maximum Gasteiger partial charge on any atom is 1.00 e. The fraction of sp³-hybridized carbons (Fsp3) is 0.500. The molecular weight excluding hydrogens is 319 g/mol. The molecule has 8 heavy (non-hydrogen) atoms. The molecule has 0 aliphatic carbocycles. The molecule has 0 aliphatic heterocycles. The summed E-state index contributed by atoms with van der Waals surface area (Å²) in [6.45, 7) is 0. The molecule has 0 heterocycles. The van der Waals surface area contributed by atoms with Gasteiger partial charge in [0.1, 0.15) is 0 Å². The summed E-state index contributed by atoms with van der Waals surface area (Å²) in [5.41, 5.74) is 0. The van der Waals surface area contributed by atoms with E-state index in [9.17, 15) is 4.79 Å². The van der Waals surface area contributed by atoms with Crippen LogP contribution in [-0.2, 0) is 4.79 Å². The van der Waals surface area contributed by atoms with E-state index in [0.29, 0.717) is 0 Å². The van der Waals surface area contributed by atoms with Crippen molar-refractivity contribution in [2.24, 2.45) is 0 Å². The average Bonchev–Trinajstić information content (AvgIpc) is 1.31. The average molecular weight is 321 g/mol. The maximum atomic E-state index is 9.88. The molecule has 0 amide bonds. The van der Waals surface area contributed by atoms with E-state index in [1.165, 1.54) is 0 Å². The standard InChI is InChI=1S/C2HBr3O2.Na.H/c3-2(4,5)1(6)7;;/h(H,6,7);;/q;+1;-1. The third kappa shape index (κ3) is 6.04. The Hall–Kier alpha value is 1.91. The van der Waals surface area contributed by atoms with E-state index in [0.717, 1.165) is 0 Å². The fourth-order valence-electron chi connectivity index (χ4n) is 0. The van der Waals surface area contributed by atoms with E-state index in [4.69, 9.17) is 5.11 Å². The molecule has 0 aromatic carbocycles. The second-order valence-corrected chi connectivity index (χ2v) is 7.56. The monoisotopic (exact) mass is 318 g/mol. The van der Waals surface area contributed by atoms with Gasteiger partial charge in [0.05, 0.1) is 0 Å². The molecule has 0 saturated heterocycles. The summed E-state index contributed by atoms with van der Waals surface area (Å²) in [4.78, 5) is 9.88. The van der Waals surface area contributed by atoms with Gasteiger partial charge in [-0.05, 0) is 47.8 Å². The summed E-state index contributed by atoms with van der Waals surface area (Å²) in [5.74, 6) is -1.01. The van der Waals surface area contributed by atoms with E-state index < -0.39 is 8.11 Å². The second-order valence-electron chi connectivity index (χ2n) is 0.803. The molecule has 0 aromatic rings. The van der Waals surface area contributed by atoms with Crippen molar-refractivity contribution in [2.45, 2.75) is 2.14 Å². The van der Waals surface area contributed by atoms with Gasteiger partial charge >= 0.3 is 35.5 Å². The molecule has 0 atom stereocenters. The first-order valence-electron chi connectivity index (χ1n) is 1.24. The number of carbonyl (C=O) groups is 1. The molecule has 0 radical (unpaired) electrons. The molecule has 0 fully saturated rings. The summed E-state index contributed by atoms with van der Waals surface area (Å²) in [5, 5.41) is 8.11. The molecular formula is C2H2Br3NaO2. The van der Waals surface area contributed by atoms with Crippen molar-refractivity contribution in [1.82, 2.24) is 0 Å². The van der Waals surface area contributed by atoms with Crippen LogP contribution in [0.1, 0.15) is 1.43 Å². The zero-order chi connectivity index (χ0) is 6.08. The summed E-state index contributed by atoms with van der Waals surface area (Å²) in [6.07, 6.45) is 0. The minimum Gasteiger partial charge on any atom is -1.00 e. The van der Waals surface area contributed by atoms with Crippen molar-refractivity contribution >= 4 is 53.8 Å². The minimum absolute atomic E-state index is 0. The van der Waals surface area contributed by atoms with Gasteiger partial charge < -0.3 is 6.53 Å². The van der Waals surface area contributed by atoms with Gasteiger partial charge in [-0.2, -0.15) is 0 Å². The van der Waals surface area contributed by atoms with Gasteiger partial charge in [-0.25, -0.2) is 4.79 Å². The number of hydrogen-bond acceptors (Lipinski definition) is 1. The van der Waals surface area contributed by atoms with Gasteiger partial charge in [0.15, 0.2) is 0 Å². The third-order valence-electron chi connectivity index (χ3n) is 0.243. The Morgan fingerprint density at radius 1 is 1.50 bits per heavy atom. The zero-order valence-electron chi connectivity index (χ0n) is 4.99. The number of rotatable bonds is 0. The van der Waals surface area contributed by atoms with E-state index in [1.54, 1.807) is 0 Å². The molecule has 0 unspecified atom stereocenters. The Labute approximate surface area is 95.6 Å². The molecule has 0 rings (SSSR count). The molecule has 0 spiro atoms. The summed E-state index contributed by atoms with van der Waals surface area (Å²) >= 11 is 8.33. The Morgan fingerprint density at radius 2 is 1.62 bits per heavy atom. The van der Waals surface area contributed by atoms with Crippen LogP contribution in [-0.4, -0.2) is 13.2 Å². The van der Waals surface area contributed by atoms with Crippen LogP contribution >= 0.6 is 47.8 Å². The van der Waals surface area contributed by atoms with Gasteiger partial charge in [0.25, 0.3) is 0 Å². The van der Waals surface area contributed by atoms with Crippen LogP contribution in [0.15, 0.2) is 0 Å². The van der Waals surface area contributed by atoms with E-state index in [-0.39, 0.29) is 31.0 Å². The third-order valence-corrected chi connectivity index (χ3v) is 1.26. The van der Waals surface area contributed by atoms with Gasteiger partial charge in [0.2, 0.25) is 2.14 Å². The predicted octanol–water partition coefficient (Wildman–Crippen LogP) is -0.974. The number of carboxylic acid groups (broad SMARTS) is 1. The van der Waals surface area contributed by atoms with Crippen molar-refractivity contribution in [3.63, 3.8) is 0 Å². The number of hydrogen-bond donors (Lipinski definition) is 1. The van der Waals surface area contributed by atoms with E-state index >= 15 is 0 Å². The van der Waals surface area contributed by atoms with Crippen LogP contribution in [0.3, 0.4) is 0 Å². The molecule has 44 valence electrons. The summed E-state index contributed by atoms with van der Waals surface area (Å²) in [7, 11) is 0. The normalized spacial score (nSPS) is 9.88. The molecule has 1 N–H and O–H groups in total. The zero-order valence-corrected chi connectivity index (χ0v) is 10.7. The van der Waals surface area contributed by atoms with Crippen molar-refractivity contribution < 1.29 is 40.9 Å². The van der Waals surface area contributed by atoms with Gasteiger partial charge in [0, 0.05) is 0 Å². The first kappa shape index (κ1) is 12.6. The van der Waals surface area contributed by atoms with E-state index in [1.807, 2.05) is 0 Å². The quantitative estimate of drug-likeness (QED) is 0.460. The Morgan fingerprint density at radius 3 is 1.62 bits per heavy atom. The number of carboxylic acids is 1. The van der Waals surface area contributed by atoms with Gasteiger partial charge in [-0.3, -0.25) is 0 Å². The number of aliphatic carboxylic acids is 1. The molecule has 0 aromatic heterocycles. The predicted molar refractivity (Wildman–Crippen MR) is 38.3 cm³/mol. The van der Waals surface area contributed by atoms with Crippen LogP contribution < -0.4 is 29.6 Å². The van der Waals surface area contributed by atoms with Crippen molar-refractivity contribution in [1.29, 1.82) is 0 Å². The number of alkyl halides is 3. The molecule has 2 nitrogen and oxygen atoms in total. The van der Waals surface area contributed by atoms with Crippen LogP contribution in [0.25, 0.3) is 0 Å². The van der Waals surface area contributed by atoms with Crippen LogP contribution in [0.2, 0.25) is 0 Å². The summed E-state index contributed by atoms with van der Waals surface area (Å²) < 4.78 is -1.15. The first-order valence-corrected chi connectivity index (χ1v) is 3.62. The largest absolute Gasteiger partial charge is 1.00 e. The minimum atomic E-state index is -1.15. The van der Waals surface area contributed by atoms with Gasteiger partial charge in [-0.1, -0.05) is 0 Å². The van der Waals surface area contributed by atoms with Crippen molar-refractivity contribution in [3.05, 3.63) is 0 Å². The second kappa shape index (κ2) is 4.68. The number of halogens is 3. The first-order chi connectivity index (χ1) is 2.94. The van der Waals surface area contributed by atoms with Crippen molar-refractivity contribution in [2.75, 3.05) is 0 Å². The maximum absolute atomic E-state index is 9.88. The van der Waals surface area contributed by atoms with Gasteiger partial charge in [-0.15, -0.1) is 0 Å². The Bertz CT molecular complexity index is 92.3. The van der Waals surface area contributed by atoms with Crippen molar-refractivity contribution in [3.8, 4) is 0 Å². The molecule has 0 bridgehead atoms. The van der Waals surface area contributed by atoms with Crippen LogP contribution in [0.4, 0.5) is 0 Å². The molecule has 0 aliphatic rings. The Balaban J connectivity index is -0.000000180. The molecule has 0 saturated carbocycles.